The maximum atomic E-state index is 7.13. The minimum Gasteiger partial charge on any atom is -0.370 e. The van der Waals surface area contributed by atoms with Gasteiger partial charge < -0.3 is 10.6 Å². The largest absolute Gasteiger partial charge is 0.370 e. The van der Waals surface area contributed by atoms with E-state index in [-0.39, 0.29) is 5.96 Å². The fraction of sp³-hybridized carbons (Fsp3) is 0.125. The second-order valence-corrected chi connectivity index (χ2v) is 2.20. The van der Waals surface area contributed by atoms with E-state index in [2.05, 4.69) is 6.07 Å². The van der Waals surface area contributed by atoms with Gasteiger partial charge in [-0.05, 0) is 18.2 Å². The first-order valence-corrected chi connectivity index (χ1v) is 3.25. The van der Waals surface area contributed by atoms with Gasteiger partial charge in [-0.3, -0.25) is 5.41 Å². The van der Waals surface area contributed by atoms with E-state index in [0.29, 0.717) is 0 Å². The summed E-state index contributed by atoms with van der Waals surface area (Å²) in [5.74, 6) is 0.0381. The predicted molar refractivity (Wildman–Crippen MR) is 45.6 cm³/mol. The van der Waals surface area contributed by atoms with Crippen molar-refractivity contribution in [1.82, 2.24) is 0 Å². The molecule has 3 N–H and O–H groups in total. The van der Waals surface area contributed by atoms with Gasteiger partial charge in [-0.2, -0.15) is 0 Å². The molecule has 0 aliphatic heterocycles. The van der Waals surface area contributed by atoms with Crippen molar-refractivity contribution in [2.24, 2.45) is 5.73 Å². The quantitative estimate of drug-likeness (QED) is 0.457. The van der Waals surface area contributed by atoms with Gasteiger partial charge >= 0.3 is 0 Å². The lowest BCUT2D eigenvalue weighted by molar-refractivity contribution is 1.20. The maximum Gasteiger partial charge on any atom is 0.192 e. The second kappa shape index (κ2) is 3.05. The minimum absolute atomic E-state index is 0.0381. The van der Waals surface area contributed by atoms with Gasteiger partial charge in [0.1, 0.15) is 0 Å². The molecule has 0 aromatic heterocycles. The lowest BCUT2D eigenvalue weighted by Crippen LogP contribution is -2.32. The average molecular weight is 148 g/mol. The Balaban J connectivity index is 2.85. The molecule has 0 saturated heterocycles. The third-order valence-electron chi connectivity index (χ3n) is 1.45. The van der Waals surface area contributed by atoms with Gasteiger partial charge in [-0.1, -0.05) is 12.1 Å². The summed E-state index contributed by atoms with van der Waals surface area (Å²) in [6.45, 7) is 0. The van der Waals surface area contributed by atoms with Crippen molar-refractivity contribution in [3.05, 3.63) is 30.3 Å². The smallest absolute Gasteiger partial charge is 0.192 e. The molecule has 0 aliphatic carbocycles. The highest BCUT2D eigenvalue weighted by atomic mass is 15.2. The number of benzene rings is 1. The Hall–Kier alpha value is -1.51. The molecule has 0 heterocycles. The molecular weight excluding hydrogens is 138 g/mol. The predicted octanol–water partition coefficient (Wildman–Crippen LogP) is 0.816. The van der Waals surface area contributed by atoms with Gasteiger partial charge in [0.2, 0.25) is 0 Å². The third kappa shape index (κ3) is 1.70. The number of anilines is 1. The molecule has 0 amide bonds. The van der Waals surface area contributed by atoms with Crippen LogP contribution in [0.25, 0.3) is 0 Å². The first kappa shape index (κ1) is 7.60. The molecule has 1 rings (SSSR count). The zero-order valence-electron chi connectivity index (χ0n) is 6.33. The van der Waals surface area contributed by atoms with Crippen molar-refractivity contribution >= 4 is 11.6 Å². The summed E-state index contributed by atoms with van der Waals surface area (Å²) < 4.78 is 0. The van der Waals surface area contributed by atoms with Crippen LogP contribution in [0.4, 0.5) is 5.69 Å². The van der Waals surface area contributed by atoms with Crippen molar-refractivity contribution in [1.29, 1.82) is 5.41 Å². The average Bonchev–Trinajstić information content (AvgIpc) is 2.05. The van der Waals surface area contributed by atoms with E-state index in [1.54, 1.807) is 24.1 Å². The van der Waals surface area contributed by atoms with Crippen LogP contribution in [0.3, 0.4) is 0 Å². The van der Waals surface area contributed by atoms with Crippen LogP contribution in [-0.4, -0.2) is 13.0 Å². The number of nitrogens with zero attached hydrogens (tertiary/aromatic N) is 1. The normalized spacial score (nSPS) is 9.18. The number of hydrogen-bond acceptors (Lipinski definition) is 1. The molecule has 3 heteroatoms. The Morgan fingerprint density at radius 1 is 1.55 bits per heavy atom. The molecule has 1 aromatic rings. The molecule has 0 unspecified atom stereocenters. The van der Waals surface area contributed by atoms with E-state index in [0.717, 1.165) is 5.69 Å². The van der Waals surface area contributed by atoms with E-state index in [9.17, 15) is 0 Å². The zero-order chi connectivity index (χ0) is 8.27. The summed E-state index contributed by atoms with van der Waals surface area (Å²) >= 11 is 0. The van der Waals surface area contributed by atoms with E-state index < -0.39 is 0 Å². The van der Waals surface area contributed by atoms with Gasteiger partial charge in [-0.15, -0.1) is 0 Å². The van der Waals surface area contributed by atoms with Crippen LogP contribution in [-0.2, 0) is 0 Å². The number of nitrogens with one attached hydrogen (secondary N) is 1. The van der Waals surface area contributed by atoms with Crippen molar-refractivity contribution in [3.8, 4) is 0 Å². The Morgan fingerprint density at radius 2 is 2.09 bits per heavy atom. The van der Waals surface area contributed by atoms with Crippen LogP contribution in [0.1, 0.15) is 0 Å². The molecule has 1 aromatic carbocycles. The lowest BCUT2D eigenvalue weighted by atomic mass is 10.3. The highest BCUT2D eigenvalue weighted by Gasteiger charge is 1.99. The molecule has 0 spiro atoms. The molecule has 3 nitrogen and oxygen atoms in total. The summed E-state index contributed by atoms with van der Waals surface area (Å²) in [4.78, 5) is 1.59. The maximum absolute atomic E-state index is 7.13. The van der Waals surface area contributed by atoms with Gasteiger partial charge in [0.25, 0.3) is 0 Å². The highest BCUT2D eigenvalue weighted by Crippen LogP contribution is 2.08. The summed E-state index contributed by atoms with van der Waals surface area (Å²) in [7, 11) is 1.75. The van der Waals surface area contributed by atoms with Crippen LogP contribution < -0.4 is 10.6 Å². The molecule has 0 aliphatic rings. The first-order valence-electron chi connectivity index (χ1n) is 3.25. The fourth-order valence-corrected chi connectivity index (χ4v) is 0.741. The molecule has 0 atom stereocenters. The summed E-state index contributed by atoms with van der Waals surface area (Å²) in [5, 5.41) is 7.13. The zero-order valence-corrected chi connectivity index (χ0v) is 6.33. The van der Waals surface area contributed by atoms with Crippen LogP contribution in [0.2, 0.25) is 0 Å². The number of guanidine groups is 1. The summed E-state index contributed by atoms with van der Waals surface area (Å²) in [6, 6.07) is 10.2. The van der Waals surface area contributed by atoms with Crippen LogP contribution >= 0.6 is 0 Å². The summed E-state index contributed by atoms with van der Waals surface area (Å²) in [5.41, 5.74) is 6.17. The van der Waals surface area contributed by atoms with Gasteiger partial charge in [0.05, 0.1) is 0 Å². The molecule has 1 radical (unpaired) electrons. The number of nitrogens with two attached hydrogens (primary N) is 1. The summed E-state index contributed by atoms with van der Waals surface area (Å²) in [6.07, 6.45) is 0. The van der Waals surface area contributed by atoms with Gasteiger partial charge in [0, 0.05) is 12.7 Å². The van der Waals surface area contributed by atoms with E-state index >= 15 is 0 Å². The SMILES string of the molecule is CN(C(=N)N)c1cc[c]cc1. The van der Waals surface area contributed by atoms with Crippen LogP contribution in [0.15, 0.2) is 24.3 Å². The lowest BCUT2D eigenvalue weighted by Gasteiger charge is -2.15. The molecular formula is C8H10N3. The topological polar surface area (TPSA) is 53.1 Å². The number of hydrogen-bond donors (Lipinski definition) is 2. The molecule has 0 fully saturated rings. The second-order valence-electron chi connectivity index (χ2n) is 2.20. The van der Waals surface area contributed by atoms with Crippen molar-refractivity contribution < 1.29 is 0 Å². The van der Waals surface area contributed by atoms with E-state index in [4.69, 9.17) is 11.1 Å². The Labute approximate surface area is 65.9 Å². The van der Waals surface area contributed by atoms with Crippen LogP contribution in [0.5, 0.6) is 0 Å². The van der Waals surface area contributed by atoms with Crippen LogP contribution in [0, 0.1) is 11.5 Å². The molecule has 11 heavy (non-hydrogen) atoms. The minimum atomic E-state index is 0.0381. The molecule has 0 bridgehead atoms. The van der Waals surface area contributed by atoms with Gasteiger partial charge in [0.15, 0.2) is 5.96 Å². The molecule has 0 saturated carbocycles. The van der Waals surface area contributed by atoms with Crippen molar-refractivity contribution in [3.63, 3.8) is 0 Å². The van der Waals surface area contributed by atoms with Crippen molar-refractivity contribution in [2.75, 3.05) is 11.9 Å². The standard InChI is InChI=1S/C8H10N3/c1-11(8(9)10)7-5-3-2-4-6-7/h3-6H,1H3,(H3,9,10). The Morgan fingerprint density at radius 3 is 2.55 bits per heavy atom. The van der Waals surface area contributed by atoms with E-state index in [1.165, 1.54) is 0 Å². The fourth-order valence-electron chi connectivity index (χ4n) is 0.741. The third-order valence-corrected chi connectivity index (χ3v) is 1.45. The van der Waals surface area contributed by atoms with Crippen molar-refractivity contribution in [2.45, 2.75) is 0 Å². The van der Waals surface area contributed by atoms with Gasteiger partial charge in [-0.25, -0.2) is 0 Å². The number of rotatable bonds is 1. The molecule has 57 valence electrons. The van der Waals surface area contributed by atoms with E-state index in [1.807, 2.05) is 12.1 Å². The Bertz CT molecular complexity index is 243. The first-order chi connectivity index (χ1) is 5.22. The Kier molecular flexibility index (Phi) is 2.11. The highest BCUT2D eigenvalue weighted by molar-refractivity contribution is 5.91. The monoisotopic (exact) mass is 148 g/mol.